The number of hydrogen-bond acceptors (Lipinski definition) is 9. The van der Waals surface area contributed by atoms with E-state index in [1.165, 1.54) is 5.56 Å². The van der Waals surface area contributed by atoms with Crippen molar-refractivity contribution in [1.29, 1.82) is 0 Å². The van der Waals surface area contributed by atoms with Gasteiger partial charge in [0.25, 0.3) is 0 Å². The number of pyridine rings is 1. The highest BCUT2D eigenvalue weighted by atomic mass is 32.2. The van der Waals surface area contributed by atoms with Gasteiger partial charge in [-0.15, -0.1) is 11.8 Å². The third kappa shape index (κ3) is 6.25. The van der Waals surface area contributed by atoms with Crippen LogP contribution in [0.15, 0.2) is 17.3 Å². The van der Waals surface area contributed by atoms with E-state index in [4.69, 9.17) is 15.0 Å². The Labute approximate surface area is 207 Å². The predicted molar refractivity (Wildman–Crippen MR) is 141 cm³/mol. The van der Waals surface area contributed by atoms with Gasteiger partial charge >= 0.3 is 0 Å². The van der Waals surface area contributed by atoms with Gasteiger partial charge in [-0.25, -0.2) is 9.98 Å². The number of thioether (sulfide) groups is 1. The Kier molecular flexibility index (Phi) is 9.27. The van der Waals surface area contributed by atoms with Crippen molar-refractivity contribution in [1.82, 2.24) is 15.0 Å². The fourth-order valence-electron chi connectivity index (χ4n) is 4.01. The van der Waals surface area contributed by atoms with Crippen LogP contribution in [-0.2, 0) is 5.75 Å². The lowest BCUT2D eigenvalue weighted by Crippen LogP contribution is -2.35. The van der Waals surface area contributed by atoms with Gasteiger partial charge in [-0.05, 0) is 51.7 Å². The highest BCUT2D eigenvalue weighted by Crippen LogP contribution is 2.37. The van der Waals surface area contributed by atoms with Gasteiger partial charge in [0.2, 0.25) is 5.95 Å². The van der Waals surface area contributed by atoms with Gasteiger partial charge in [-0.1, -0.05) is 20.8 Å². The van der Waals surface area contributed by atoms with Crippen molar-refractivity contribution in [2.45, 2.75) is 84.8 Å². The number of nitrogens with zero attached hydrogens (tertiary/aromatic N) is 4. The maximum absolute atomic E-state index is 10.7. The Morgan fingerprint density at radius 1 is 1.15 bits per heavy atom. The van der Waals surface area contributed by atoms with E-state index in [2.05, 4.69) is 15.6 Å². The minimum absolute atomic E-state index is 0.208. The normalized spacial score (nSPS) is 17.5. The summed E-state index contributed by atoms with van der Waals surface area (Å²) in [5, 5.41) is 28.2. The Bertz CT molecular complexity index is 1010. The highest BCUT2D eigenvalue weighted by molar-refractivity contribution is 8.13. The van der Waals surface area contributed by atoms with Crippen molar-refractivity contribution in [3.63, 3.8) is 0 Å². The van der Waals surface area contributed by atoms with Crippen molar-refractivity contribution in [2.24, 2.45) is 10.9 Å². The molecule has 0 radical (unpaired) electrons. The molecule has 2 aliphatic rings. The van der Waals surface area contributed by atoms with Crippen LogP contribution in [0.4, 0.5) is 17.5 Å². The van der Waals surface area contributed by atoms with E-state index < -0.39 is 12.2 Å². The second-order valence-corrected chi connectivity index (χ2v) is 9.61. The van der Waals surface area contributed by atoms with E-state index in [0.717, 1.165) is 46.3 Å². The van der Waals surface area contributed by atoms with E-state index in [-0.39, 0.29) is 12.5 Å². The third-order valence-corrected chi connectivity index (χ3v) is 7.07. The minimum atomic E-state index is -0.698. The first-order chi connectivity index (χ1) is 16.4. The molecule has 3 atom stereocenters. The zero-order valence-electron chi connectivity index (χ0n) is 21.1. The summed E-state index contributed by atoms with van der Waals surface area (Å²) >= 11 is 1.66. The summed E-state index contributed by atoms with van der Waals surface area (Å²) in [6, 6.07) is 2.44. The van der Waals surface area contributed by atoms with E-state index in [1.807, 2.05) is 46.9 Å². The van der Waals surface area contributed by atoms with Gasteiger partial charge in [0.15, 0.2) is 0 Å². The lowest BCUT2D eigenvalue weighted by atomic mass is 9.94. The molecule has 1 aliphatic heterocycles. The average Bonchev–Trinajstić information content (AvgIpc) is 3.63. The lowest BCUT2D eigenvalue weighted by molar-refractivity contribution is 0.0268. The molecular formula is C25H38N6O2S. The van der Waals surface area contributed by atoms with Gasteiger partial charge in [0, 0.05) is 30.5 Å². The molecule has 34 heavy (non-hydrogen) atoms. The number of rotatable bonds is 9. The number of aryl methyl sites for hydroxylation is 2. The molecule has 3 heterocycles. The molecule has 0 aromatic carbocycles. The van der Waals surface area contributed by atoms with Crippen LogP contribution in [0.3, 0.4) is 0 Å². The summed E-state index contributed by atoms with van der Waals surface area (Å²) in [4.78, 5) is 18.8. The van der Waals surface area contributed by atoms with Crippen LogP contribution < -0.4 is 10.6 Å². The summed E-state index contributed by atoms with van der Waals surface area (Å²) < 4.78 is 0. The number of fused-ring (bicyclic) bond motifs is 1. The van der Waals surface area contributed by atoms with Crippen molar-refractivity contribution in [3.8, 4) is 0 Å². The molecule has 0 bridgehead atoms. The van der Waals surface area contributed by atoms with Crippen LogP contribution in [0.25, 0.3) is 0 Å². The fraction of sp³-hybridized carbons (Fsp3) is 0.600. The first-order valence-corrected chi connectivity index (χ1v) is 13.3. The second kappa shape index (κ2) is 12.0. The van der Waals surface area contributed by atoms with Gasteiger partial charge in [-0.2, -0.15) is 4.98 Å². The van der Waals surface area contributed by atoms with Crippen LogP contribution in [0.5, 0.6) is 0 Å². The van der Waals surface area contributed by atoms with Crippen molar-refractivity contribution < 1.29 is 10.2 Å². The molecule has 1 fully saturated rings. The minimum Gasteiger partial charge on any atom is -0.393 e. The SMILES string of the molecule is CC.CCC(C(C)O)[C@@H](O)CNc1nc(NC2CC2)nc(C)c1C1=Nc2c(ccnc2C)CS1. The summed E-state index contributed by atoms with van der Waals surface area (Å²) in [6.45, 7) is 11.9. The van der Waals surface area contributed by atoms with E-state index in [0.29, 0.717) is 24.2 Å². The van der Waals surface area contributed by atoms with Gasteiger partial charge in [0.05, 0.1) is 34.8 Å². The van der Waals surface area contributed by atoms with Crippen LogP contribution in [0.1, 0.15) is 69.5 Å². The maximum Gasteiger partial charge on any atom is 0.225 e. The zero-order chi connectivity index (χ0) is 24.8. The third-order valence-electron chi connectivity index (χ3n) is 6.05. The van der Waals surface area contributed by atoms with Gasteiger partial charge < -0.3 is 20.8 Å². The molecule has 186 valence electrons. The van der Waals surface area contributed by atoms with Gasteiger partial charge in [-0.3, -0.25) is 4.98 Å². The number of aliphatic hydroxyl groups excluding tert-OH is 2. The molecule has 2 aromatic rings. The Hall–Kier alpha value is -2.23. The summed E-state index contributed by atoms with van der Waals surface area (Å²) in [7, 11) is 0. The van der Waals surface area contributed by atoms with Crippen molar-refractivity contribution in [3.05, 3.63) is 34.8 Å². The van der Waals surface area contributed by atoms with Crippen molar-refractivity contribution in [2.75, 3.05) is 17.2 Å². The quantitative estimate of drug-likeness (QED) is 0.407. The number of aliphatic hydroxyl groups is 2. The smallest absolute Gasteiger partial charge is 0.225 e. The van der Waals surface area contributed by atoms with Crippen LogP contribution in [0, 0.1) is 19.8 Å². The molecular weight excluding hydrogens is 448 g/mol. The molecule has 1 saturated carbocycles. The van der Waals surface area contributed by atoms with E-state index >= 15 is 0 Å². The summed E-state index contributed by atoms with van der Waals surface area (Å²) in [5.74, 6) is 1.84. The molecule has 2 aromatic heterocycles. The first-order valence-electron chi connectivity index (χ1n) is 12.3. The largest absolute Gasteiger partial charge is 0.393 e. The van der Waals surface area contributed by atoms with Crippen LogP contribution >= 0.6 is 11.8 Å². The van der Waals surface area contributed by atoms with Crippen molar-refractivity contribution >= 4 is 34.3 Å². The van der Waals surface area contributed by atoms with Crippen LogP contribution in [0.2, 0.25) is 0 Å². The van der Waals surface area contributed by atoms with Crippen LogP contribution in [-0.4, -0.2) is 55.0 Å². The molecule has 4 rings (SSSR count). The average molecular weight is 487 g/mol. The Morgan fingerprint density at radius 2 is 1.88 bits per heavy atom. The first kappa shape index (κ1) is 26.4. The fourth-order valence-corrected chi connectivity index (χ4v) is 5.08. The molecule has 0 spiro atoms. The molecule has 9 heteroatoms. The standard InChI is InChI=1S/C23H32N6O2S.C2H6/c1-5-17(14(4)30)18(31)10-25-21-19(12(2)26-23(29-21)27-16-6-7-16)22-28-20-13(3)24-9-8-15(20)11-32-22;1-2/h8-9,14,16-18,30-31H,5-7,10-11H2,1-4H3,(H2,25,26,27,29);1-2H3/t14?,17?,18-;/m0./s1. The predicted octanol–water partition coefficient (Wildman–Crippen LogP) is 4.59. The molecule has 1 aliphatic carbocycles. The number of hydrogen-bond donors (Lipinski definition) is 4. The molecule has 2 unspecified atom stereocenters. The molecule has 4 N–H and O–H groups in total. The number of nitrogens with one attached hydrogen (secondary N) is 2. The highest BCUT2D eigenvalue weighted by Gasteiger charge is 2.27. The number of aromatic nitrogens is 3. The zero-order valence-corrected chi connectivity index (χ0v) is 21.9. The Morgan fingerprint density at radius 3 is 2.53 bits per heavy atom. The molecule has 0 amide bonds. The number of anilines is 2. The maximum atomic E-state index is 10.7. The monoisotopic (exact) mass is 486 g/mol. The molecule has 8 nitrogen and oxygen atoms in total. The lowest BCUT2D eigenvalue weighted by Gasteiger charge is -2.25. The second-order valence-electron chi connectivity index (χ2n) is 8.65. The number of aliphatic imine (C=N–C) groups is 1. The Balaban J connectivity index is 0.00000158. The summed E-state index contributed by atoms with van der Waals surface area (Å²) in [6.07, 6.45) is 3.49. The topological polar surface area (TPSA) is 116 Å². The van der Waals surface area contributed by atoms with E-state index in [9.17, 15) is 10.2 Å². The molecule has 0 saturated heterocycles. The summed E-state index contributed by atoms with van der Waals surface area (Å²) in [5.41, 5.74) is 4.66. The van der Waals surface area contributed by atoms with Gasteiger partial charge in [0.1, 0.15) is 10.9 Å². The van der Waals surface area contributed by atoms with E-state index in [1.54, 1.807) is 18.7 Å².